The van der Waals surface area contributed by atoms with E-state index >= 15 is 0 Å². The highest BCUT2D eigenvalue weighted by atomic mass is 35.5. The molecule has 2 aromatic rings. The van der Waals surface area contributed by atoms with Crippen LogP contribution in [0.15, 0.2) is 36.4 Å². The molecule has 0 fully saturated rings. The highest BCUT2D eigenvalue weighted by molar-refractivity contribution is 7.92. The summed E-state index contributed by atoms with van der Waals surface area (Å²) < 4.78 is 31.7. The van der Waals surface area contributed by atoms with E-state index in [9.17, 15) is 18.0 Å². The summed E-state index contributed by atoms with van der Waals surface area (Å²) in [5.41, 5.74) is 0.729. The fourth-order valence-electron chi connectivity index (χ4n) is 3.41. The smallest absolute Gasteiger partial charge is 0.244 e. The van der Waals surface area contributed by atoms with E-state index in [1.807, 2.05) is 6.92 Å². The number of hydrogen-bond acceptors (Lipinski definition) is 5. The Hall–Kier alpha value is -2.20. The van der Waals surface area contributed by atoms with Crippen LogP contribution in [0.4, 0.5) is 5.69 Å². The Morgan fingerprint density at radius 3 is 2.36 bits per heavy atom. The van der Waals surface area contributed by atoms with Crippen LogP contribution in [0.3, 0.4) is 0 Å². The predicted molar refractivity (Wildman–Crippen MR) is 145 cm³/mol. The number of anilines is 1. The van der Waals surface area contributed by atoms with Gasteiger partial charge in [0.25, 0.3) is 0 Å². The number of nitrogens with one attached hydrogen (secondary N) is 1. The van der Waals surface area contributed by atoms with Crippen LogP contribution in [-0.4, -0.2) is 57.6 Å². The Morgan fingerprint density at radius 2 is 1.78 bits per heavy atom. The molecule has 0 unspecified atom stereocenters. The molecule has 0 aliphatic rings. The summed E-state index contributed by atoms with van der Waals surface area (Å²) in [6.45, 7) is 3.47. The minimum absolute atomic E-state index is 0.00235. The molecule has 1 N–H and O–H groups in total. The van der Waals surface area contributed by atoms with Gasteiger partial charge in [-0.1, -0.05) is 54.2 Å². The monoisotopic (exact) mass is 577 g/mol. The van der Waals surface area contributed by atoms with Crippen molar-refractivity contribution in [1.29, 1.82) is 0 Å². The summed E-state index contributed by atoms with van der Waals surface area (Å²) >= 11 is 18.3. The highest BCUT2D eigenvalue weighted by Gasteiger charge is 2.31. The van der Waals surface area contributed by atoms with Crippen molar-refractivity contribution in [3.8, 4) is 5.75 Å². The van der Waals surface area contributed by atoms with Crippen LogP contribution in [-0.2, 0) is 26.2 Å². The lowest BCUT2D eigenvalue weighted by Crippen LogP contribution is -2.51. The van der Waals surface area contributed by atoms with Gasteiger partial charge >= 0.3 is 0 Å². The van der Waals surface area contributed by atoms with Crippen molar-refractivity contribution in [2.45, 2.75) is 39.3 Å². The first kappa shape index (κ1) is 30.0. The number of benzene rings is 2. The number of amides is 2. The number of unbranched alkanes of at least 4 members (excludes halogenated alkanes) is 1. The molecule has 8 nitrogen and oxygen atoms in total. The maximum Gasteiger partial charge on any atom is 0.244 e. The number of methoxy groups -OCH3 is 1. The zero-order valence-corrected chi connectivity index (χ0v) is 23.6. The minimum atomic E-state index is -3.94. The van der Waals surface area contributed by atoms with E-state index in [2.05, 4.69) is 5.32 Å². The first-order valence-corrected chi connectivity index (χ1v) is 14.2. The van der Waals surface area contributed by atoms with Crippen molar-refractivity contribution in [2.75, 3.05) is 30.8 Å². The summed E-state index contributed by atoms with van der Waals surface area (Å²) in [5.74, 6) is -0.742. The second kappa shape index (κ2) is 13.4. The molecule has 0 saturated heterocycles. The number of halogens is 3. The minimum Gasteiger partial charge on any atom is -0.495 e. The van der Waals surface area contributed by atoms with Gasteiger partial charge in [0, 0.05) is 18.1 Å². The van der Waals surface area contributed by atoms with Crippen molar-refractivity contribution in [1.82, 2.24) is 10.2 Å². The summed E-state index contributed by atoms with van der Waals surface area (Å²) in [5, 5.41) is 3.73. The number of ether oxygens (including phenoxy) is 1. The molecule has 2 aromatic carbocycles. The van der Waals surface area contributed by atoms with Gasteiger partial charge in [0.1, 0.15) is 18.3 Å². The Labute approximate surface area is 227 Å². The average molecular weight is 579 g/mol. The summed E-state index contributed by atoms with van der Waals surface area (Å²) in [6.07, 6.45) is 2.66. The van der Waals surface area contributed by atoms with Crippen LogP contribution in [0, 0.1) is 0 Å². The molecular formula is C24H30Cl3N3O5S. The standard InChI is InChI=1S/C24H30Cl3N3O5S/c1-5-6-11-28-24(32)16(2)29(14-17-7-9-19(26)20(27)12-17)23(31)15-30(36(4,33)34)21-13-18(25)8-10-22(21)35-3/h7-10,12-13,16H,5-6,11,14-15H2,1-4H3,(H,28,32)/t16-/m0/s1. The van der Waals surface area contributed by atoms with Gasteiger partial charge in [0.15, 0.2) is 0 Å². The first-order valence-electron chi connectivity index (χ1n) is 11.2. The van der Waals surface area contributed by atoms with Crippen LogP contribution in [0.1, 0.15) is 32.3 Å². The van der Waals surface area contributed by atoms with Crippen molar-refractivity contribution >= 4 is 62.3 Å². The van der Waals surface area contributed by atoms with Crippen LogP contribution < -0.4 is 14.4 Å². The zero-order valence-electron chi connectivity index (χ0n) is 20.6. The van der Waals surface area contributed by atoms with E-state index in [1.54, 1.807) is 31.2 Å². The third kappa shape index (κ3) is 8.16. The molecule has 0 aliphatic carbocycles. The van der Waals surface area contributed by atoms with Crippen LogP contribution in [0.2, 0.25) is 15.1 Å². The van der Waals surface area contributed by atoms with E-state index in [-0.39, 0.29) is 28.9 Å². The number of sulfonamides is 1. The lowest BCUT2D eigenvalue weighted by atomic mass is 10.1. The van der Waals surface area contributed by atoms with Crippen LogP contribution in [0.5, 0.6) is 5.75 Å². The summed E-state index contributed by atoms with van der Waals surface area (Å²) in [4.78, 5) is 27.8. The molecule has 0 radical (unpaired) electrons. The summed E-state index contributed by atoms with van der Waals surface area (Å²) in [7, 11) is -2.55. The molecular weight excluding hydrogens is 549 g/mol. The predicted octanol–water partition coefficient (Wildman–Crippen LogP) is 4.76. The Kier molecular flexibility index (Phi) is 11.2. The molecule has 0 aromatic heterocycles. The van der Waals surface area contributed by atoms with E-state index in [0.717, 1.165) is 23.4 Å². The van der Waals surface area contributed by atoms with Gasteiger partial charge in [0.2, 0.25) is 21.8 Å². The number of carbonyl (C=O) groups is 2. The molecule has 12 heteroatoms. The van der Waals surface area contributed by atoms with E-state index in [0.29, 0.717) is 22.2 Å². The molecule has 198 valence electrons. The molecule has 1 atom stereocenters. The van der Waals surface area contributed by atoms with Crippen molar-refractivity contribution < 1.29 is 22.7 Å². The molecule has 36 heavy (non-hydrogen) atoms. The molecule has 0 saturated carbocycles. The van der Waals surface area contributed by atoms with Crippen molar-refractivity contribution in [2.24, 2.45) is 0 Å². The van der Waals surface area contributed by atoms with E-state index in [4.69, 9.17) is 39.5 Å². The molecule has 0 spiro atoms. The Bertz CT molecular complexity index is 1190. The maximum atomic E-state index is 13.6. The third-order valence-electron chi connectivity index (χ3n) is 5.42. The van der Waals surface area contributed by atoms with Gasteiger partial charge < -0.3 is 15.0 Å². The number of hydrogen-bond donors (Lipinski definition) is 1. The fraction of sp³-hybridized carbons (Fsp3) is 0.417. The third-order valence-corrected chi connectivity index (χ3v) is 7.52. The fourth-order valence-corrected chi connectivity index (χ4v) is 4.74. The Morgan fingerprint density at radius 1 is 1.08 bits per heavy atom. The van der Waals surface area contributed by atoms with Crippen LogP contribution in [0.25, 0.3) is 0 Å². The lowest BCUT2D eigenvalue weighted by molar-refractivity contribution is -0.139. The first-order chi connectivity index (χ1) is 16.9. The number of nitrogens with zero attached hydrogens (tertiary/aromatic N) is 2. The van der Waals surface area contributed by atoms with Gasteiger partial charge in [-0.2, -0.15) is 0 Å². The largest absolute Gasteiger partial charge is 0.495 e. The Balaban J connectivity index is 2.44. The SMILES string of the molecule is CCCCNC(=O)[C@H](C)N(Cc1ccc(Cl)c(Cl)c1)C(=O)CN(c1cc(Cl)ccc1OC)S(C)(=O)=O. The number of rotatable bonds is 12. The molecule has 0 aliphatic heterocycles. The van der Waals surface area contributed by atoms with Gasteiger partial charge in [-0.05, 0) is 49.2 Å². The second-order valence-corrected chi connectivity index (χ2v) is 11.3. The average Bonchev–Trinajstić information content (AvgIpc) is 2.81. The van der Waals surface area contributed by atoms with Crippen LogP contribution >= 0.6 is 34.8 Å². The van der Waals surface area contributed by atoms with E-state index < -0.39 is 28.5 Å². The second-order valence-electron chi connectivity index (χ2n) is 8.18. The van der Waals surface area contributed by atoms with Gasteiger partial charge in [0.05, 0.1) is 29.1 Å². The van der Waals surface area contributed by atoms with Gasteiger partial charge in [-0.25, -0.2) is 8.42 Å². The molecule has 0 bridgehead atoms. The van der Waals surface area contributed by atoms with Crippen molar-refractivity contribution in [3.05, 3.63) is 57.0 Å². The molecule has 2 amide bonds. The number of carbonyl (C=O) groups excluding carboxylic acids is 2. The van der Waals surface area contributed by atoms with E-state index in [1.165, 1.54) is 24.1 Å². The highest BCUT2D eigenvalue weighted by Crippen LogP contribution is 2.33. The maximum absolute atomic E-state index is 13.6. The van der Waals surface area contributed by atoms with Gasteiger partial charge in [-0.3, -0.25) is 13.9 Å². The molecule has 0 heterocycles. The van der Waals surface area contributed by atoms with Crippen molar-refractivity contribution in [3.63, 3.8) is 0 Å². The zero-order chi connectivity index (χ0) is 27.0. The topological polar surface area (TPSA) is 96.0 Å². The quantitative estimate of drug-likeness (QED) is 0.367. The van der Waals surface area contributed by atoms with Gasteiger partial charge in [-0.15, -0.1) is 0 Å². The normalized spacial score (nSPS) is 12.1. The lowest BCUT2D eigenvalue weighted by Gasteiger charge is -2.32. The summed E-state index contributed by atoms with van der Waals surface area (Å²) in [6, 6.07) is 8.44. The molecule has 2 rings (SSSR count).